The van der Waals surface area contributed by atoms with Crippen molar-refractivity contribution in [1.29, 1.82) is 0 Å². The third-order valence-corrected chi connectivity index (χ3v) is 3.24. The first-order valence-corrected chi connectivity index (χ1v) is 5.53. The molecule has 0 aromatic rings. The molecule has 0 N–H and O–H groups in total. The van der Waals surface area contributed by atoms with Crippen molar-refractivity contribution >= 4 is 11.9 Å². The molecule has 0 amide bonds. The third-order valence-electron chi connectivity index (χ3n) is 3.24. The zero-order chi connectivity index (χ0) is 11.9. The number of hydrogen-bond donors (Lipinski definition) is 0. The van der Waals surface area contributed by atoms with E-state index in [0.29, 0.717) is 5.90 Å². The standard InChI is InChI=1S/C11H17NO4/c1-5-6(2)10(15-8(4)13)16-11-9(5)12-7(3)14-11/h5-6,9-11H,1-4H3/t5-,6+,9?,10?,11+/m0/s1. The van der Waals surface area contributed by atoms with Crippen molar-refractivity contribution in [2.45, 2.75) is 46.3 Å². The monoisotopic (exact) mass is 227 g/mol. The van der Waals surface area contributed by atoms with Crippen LogP contribution in [0.1, 0.15) is 27.7 Å². The Labute approximate surface area is 94.8 Å². The number of nitrogens with zero attached hydrogens (tertiary/aromatic N) is 1. The Balaban J connectivity index is 2.10. The Kier molecular flexibility index (Phi) is 2.88. The van der Waals surface area contributed by atoms with E-state index in [4.69, 9.17) is 14.2 Å². The minimum absolute atomic E-state index is 0.0156. The van der Waals surface area contributed by atoms with Crippen LogP contribution in [0, 0.1) is 11.8 Å². The van der Waals surface area contributed by atoms with E-state index in [1.165, 1.54) is 6.92 Å². The SMILES string of the molecule is CC(=O)OC1O[C@H]2OC(C)=NC2[C@@H](C)[C@H]1C. The molecule has 1 saturated heterocycles. The van der Waals surface area contributed by atoms with Crippen LogP contribution in [0.5, 0.6) is 0 Å². The highest BCUT2D eigenvalue weighted by Crippen LogP contribution is 2.36. The number of aliphatic imine (C=N–C) groups is 1. The molecule has 0 saturated carbocycles. The average molecular weight is 227 g/mol. The molecule has 16 heavy (non-hydrogen) atoms. The summed E-state index contributed by atoms with van der Waals surface area (Å²) >= 11 is 0. The van der Waals surface area contributed by atoms with Crippen LogP contribution in [0.4, 0.5) is 0 Å². The van der Waals surface area contributed by atoms with Gasteiger partial charge in [-0.2, -0.15) is 0 Å². The number of carbonyl (C=O) groups excluding carboxylic acids is 1. The predicted molar refractivity (Wildman–Crippen MR) is 56.7 cm³/mol. The van der Waals surface area contributed by atoms with E-state index in [-0.39, 0.29) is 23.8 Å². The maximum absolute atomic E-state index is 10.9. The lowest BCUT2D eigenvalue weighted by Gasteiger charge is -2.38. The van der Waals surface area contributed by atoms with Crippen molar-refractivity contribution in [2.24, 2.45) is 16.8 Å². The van der Waals surface area contributed by atoms with Crippen LogP contribution in [0.15, 0.2) is 4.99 Å². The van der Waals surface area contributed by atoms with Crippen LogP contribution in [-0.4, -0.2) is 30.5 Å². The minimum atomic E-state index is -0.533. The highest BCUT2D eigenvalue weighted by atomic mass is 16.8. The lowest BCUT2D eigenvalue weighted by atomic mass is 9.86. The van der Waals surface area contributed by atoms with Gasteiger partial charge in [-0.1, -0.05) is 13.8 Å². The summed E-state index contributed by atoms with van der Waals surface area (Å²) in [5, 5.41) is 0. The van der Waals surface area contributed by atoms with Gasteiger partial charge in [0.15, 0.2) is 5.90 Å². The Hall–Kier alpha value is -1.10. The van der Waals surface area contributed by atoms with Gasteiger partial charge in [0.05, 0.1) is 0 Å². The molecule has 5 atom stereocenters. The highest BCUT2D eigenvalue weighted by Gasteiger charge is 2.46. The maximum Gasteiger partial charge on any atom is 0.304 e. The Morgan fingerprint density at radius 2 is 2.06 bits per heavy atom. The van der Waals surface area contributed by atoms with E-state index in [0.717, 1.165) is 0 Å². The molecule has 2 aliphatic rings. The van der Waals surface area contributed by atoms with Crippen molar-refractivity contribution in [1.82, 2.24) is 0 Å². The molecule has 0 radical (unpaired) electrons. The number of ether oxygens (including phenoxy) is 3. The second-order valence-corrected chi connectivity index (χ2v) is 4.46. The van der Waals surface area contributed by atoms with Crippen molar-refractivity contribution in [2.75, 3.05) is 0 Å². The molecule has 5 heteroatoms. The molecule has 2 aliphatic heterocycles. The van der Waals surface area contributed by atoms with Crippen LogP contribution < -0.4 is 0 Å². The minimum Gasteiger partial charge on any atom is -0.450 e. The van der Waals surface area contributed by atoms with Gasteiger partial charge in [-0.3, -0.25) is 4.79 Å². The molecule has 0 bridgehead atoms. The van der Waals surface area contributed by atoms with Crippen LogP contribution in [-0.2, 0) is 19.0 Å². The number of hydrogen-bond acceptors (Lipinski definition) is 5. The van der Waals surface area contributed by atoms with Crippen LogP contribution in [0.3, 0.4) is 0 Å². The first-order chi connectivity index (χ1) is 7.49. The summed E-state index contributed by atoms with van der Waals surface area (Å²) in [5.74, 6) is 0.680. The quantitative estimate of drug-likeness (QED) is 0.634. The summed E-state index contributed by atoms with van der Waals surface area (Å²) in [5.41, 5.74) is 0. The molecule has 1 fully saturated rings. The average Bonchev–Trinajstić information content (AvgIpc) is 2.54. The van der Waals surface area contributed by atoms with Crippen LogP contribution in [0.25, 0.3) is 0 Å². The number of fused-ring (bicyclic) bond motifs is 1. The van der Waals surface area contributed by atoms with Crippen molar-refractivity contribution in [3.63, 3.8) is 0 Å². The molecular weight excluding hydrogens is 210 g/mol. The topological polar surface area (TPSA) is 57.1 Å². The van der Waals surface area contributed by atoms with E-state index in [1.54, 1.807) is 6.92 Å². The second kappa shape index (κ2) is 4.05. The normalized spacial score (nSPS) is 42.0. The molecule has 2 rings (SSSR count). The maximum atomic E-state index is 10.9. The van der Waals surface area contributed by atoms with Crippen molar-refractivity contribution in [3.05, 3.63) is 0 Å². The molecule has 5 nitrogen and oxygen atoms in total. The number of esters is 1. The van der Waals surface area contributed by atoms with E-state index in [9.17, 15) is 4.79 Å². The molecule has 2 unspecified atom stereocenters. The molecule has 0 aromatic heterocycles. The zero-order valence-corrected chi connectivity index (χ0v) is 9.97. The molecule has 0 spiro atoms. The van der Waals surface area contributed by atoms with Gasteiger partial charge in [0.2, 0.25) is 12.6 Å². The summed E-state index contributed by atoms with van der Waals surface area (Å²) in [6.07, 6.45) is -0.939. The Morgan fingerprint density at radius 1 is 1.38 bits per heavy atom. The number of rotatable bonds is 1. The lowest BCUT2D eigenvalue weighted by molar-refractivity contribution is -0.267. The fourth-order valence-corrected chi connectivity index (χ4v) is 2.13. The fourth-order valence-electron chi connectivity index (χ4n) is 2.13. The lowest BCUT2D eigenvalue weighted by Crippen LogP contribution is -2.48. The molecule has 0 aromatic carbocycles. The molecule has 0 aliphatic carbocycles. The van der Waals surface area contributed by atoms with E-state index in [1.807, 2.05) is 6.92 Å². The van der Waals surface area contributed by atoms with Gasteiger partial charge >= 0.3 is 5.97 Å². The van der Waals surface area contributed by atoms with Crippen LogP contribution >= 0.6 is 0 Å². The molecule has 90 valence electrons. The summed E-state index contributed by atoms with van der Waals surface area (Å²) in [6, 6.07) is 0.0156. The van der Waals surface area contributed by atoms with Gasteiger partial charge in [0.1, 0.15) is 6.04 Å². The van der Waals surface area contributed by atoms with Crippen LogP contribution in [0.2, 0.25) is 0 Å². The summed E-state index contributed by atoms with van der Waals surface area (Å²) < 4.78 is 16.2. The summed E-state index contributed by atoms with van der Waals surface area (Å²) in [6.45, 7) is 7.26. The van der Waals surface area contributed by atoms with Gasteiger partial charge in [0, 0.05) is 19.8 Å². The Bertz CT molecular complexity index is 328. The molecule has 2 heterocycles. The van der Waals surface area contributed by atoms with Gasteiger partial charge < -0.3 is 14.2 Å². The third kappa shape index (κ3) is 1.91. The van der Waals surface area contributed by atoms with Gasteiger partial charge in [0.25, 0.3) is 0 Å². The smallest absolute Gasteiger partial charge is 0.304 e. The largest absolute Gasteiger partial charge is 0.450 e. The van der Waals surface area contributed by atoms with Crippen molar-refractivity contribution in [3.8, 4) is 0 Å². The Morgan fingerprint density at radius 3 is 2.69 bits per heavy atom. The number of carbonyl (C=O) groups is 1. The van der Waals surface area contributed by atoms with E-state index < -0.39 is 12.6 Å². The zero-order valence-electron chi connectivity index (χ0n) is 9.97. The van der Waals surface area contributed by atoms with E-state index in [2.05, 4.69) is 11.9 Å². The predicted octanol–water partition coefficient (Wildman–Crippen LogP) is 1.32. The first kappa shape index (κ1) is 11.4. The van der Waals surface area contributed by atoms with Crippen molar-refractivity contribution < 1.29 is 19.0 Å². The molecular formula is C11H17NO4. The summed E-state index contributed by atoms with van der Waals surface area (Å²) in [4.78, 5) is 15.3. The van der Waals surface area contributed by atoms with E-state index >= 15 is 0 Å². The fraction of sp³-hybridized carbons (Fsp3) is 0.818. The summed E-state index contributed by atoms with van der Waals surface area (Å²) in [7, 11) is 0. The van der Waals surface area contributed by atoms with Gasteiger partial charge in [-0.25, -0.2) is 4.99 Å². The van der Waals surface area contributed by atoms with Gasteiger partial charge in [-0.15, -0.1) is 0 Å². The first-order valence-electron chi connectivity index (χ1n) is 5.53. The van der Waals surface area contributed by atoms with Gasteiger partial charge in [-0.05, 0) is 5.92 Å². The second-order valence-electron chi connectivity index (χ2n) is 4.46. The highest BCUT2D eigenvalue weighted by molar-refractivity contribution is 5.75.